The van der Waals surface area contributed by atoms with Gasteiger partial charge in [0.15, 0.2) is 4.96 Å². The molecular formula is C18H14BrN3O2S. The summed E-state index contributed by atoms with van der Waals surface area (Å²) in [6, 6.07) is 11.7. The van der Waals surface area contributed by atoms with Crippen LogP contribution in [0.15, 0.2) is 63.1 Å². The van der Waals surface area contributed by atoms with E-state index in [2.05, 4.69) is 26.2 Å². The van der Waals surface area contributed by atoms with Crippen LogP contribution >= 0.6 is 27.3 Å². The number of furan rings is 1. The number of halogens is 1. The molecule has 126 valence electrons. The summed E-state index contributed by atoms with van der Waals surface area (Å²) in [6.07, 6.45) is 4.07. The molecule has 0 spiro atoms. The molecule has 3 aromatic heterocycles. The lowest BCUT2D eigenvalue weighted by molar-refractivity contribution is -0.120. The largest absolute Gasteiger partial charge is 0.459 e. The van der Waals surface area contributed by atoms with Gasteiger partial charge in [-0.25, -0.2) is 4.98 Å². The predicted octanol–water partition coefficient (Wildman–Crippen LogP) is 4.28. The second kappa shape index (κ2) is 6.85. The quantitative estimate of drug-likeness (QED) is 0.529. The summed E-state index contributed by atoms with van der Waals surface area (Å²) in [5.74, 6) is 1.43. The molecule has 25 heavy (non-hydrogen) atoms. The van der Waals surface area contributed by atoms with Gasteiger partial charge in [0.2, 0.25) is 5.91 Å². The van der Waals surface area contributed by atoms with E-state index in [4.69, 9.17) is 4.42 Å². The summed E-state index contributed by atoms with van der Waals surface area (Å²) in [5.41, 5.74) is 1.76. The van der Waals surface area contributed by atoms with Crippen molar-refractivity contribution in [3.05, 3.63) is 70.1 Å². The van der Waals surface area contributed by atoms with Crippen molar-refractivity contribution in [3.8, 4) is 11.3 Å². The maximum Gasteiger partial charge on any atom is 0.226 e. The van der Waals surface area contributed by atoms with Gasteiger partial charge in [0, 0.05) is 27.8 Å². The fraction of sp³-hybridized carbons (Fsp3) is 0.111. The Morgan fingerprint density at radius 1 is 1.24 bits per heavy atom. The Morgan fingerprint density at radius 3 is 2.88 bits per heavy atom. The first-order valence-corrected chi connectivity index (χ1v) is 9.37. The van der Waals surface area contributed by atoms with Crippen LogP contribution in [0.25, 0.3) is 16.3 Å². The summed E-state index contributed by atoms with van der Waals surface area (Å²) in [6.45, 7) is 0.359. The second-order valence-electron chi connectivity index (χ2n) is 5.55. The lowest BCUT2D eigenvalue weighted by atomic mass is 10.2. The third kappa shape index (κ3) is 3.67. The van der Waals surface area contributed by atoms with E-state index in [-0.39, 0.29) is 12.3 Å². The Kier molecular flexibility index (Phi) is 4.42. The molecule has 0 radical (unpaired) electrons. The van der Waals surface area contributed by atoms with Gasteiger partial charge in [0.05, 0.1) is 18.7 Å². The summed E-state index contributed by atoms with van der Waals surface area (Å²) >= 11 is 4.96. The van der Waals surface area contributed by atoms with Gasteiger partial charge in [0.1, 0.15) is 11.5 Å². The molecule has 0 saturated heterocycles. The third-order valence-electron chi connectivity index (χ3n) is 3.74. The van der Waals surface area contributed by atoms with Crippen LogP contribution in [-0.2, 0) is 17.8 Å². The first-order chi connectivity index (χ1) is 12.2. The lowest BCUT2D eigenvalue weighted by Crippen LogP contribution is -2.24. The minimum Gasteiger partial charge on any atom is -0.459 e. The lowest BCUT2D eigenvalue weighted by Gasteiger charge is -2.02. The molecule has 1 amide bonds. The number of imidazole rings is 1. The molecule has 0 aliphatic carbocycles. The van der Waals surface area contributed by atoms with Gasteiger partial charge in [-0.3, -0.25) is 9.20 Å². The van der Waals surface area contributed by atoms with E-state index >= 15 is 0 Å². The Balaban J connectivity index is 1.35. The number of thiazole rings is 1. The number of hydrogen-bond acceptors (Lipinski definition) is 4. The van der Waals surface area contributed by atoms with Gasteiger partial charge in [-0.15, -0.1) is 11.3 Å². The zero-order valence-electron chi connectivity index (χ0n) is 13.1. The van der Waals surface area contributed by atoms with E-state index in [1.165, 1.54) is 0 Å². The summed E-state index contributed by atoms with van der Waals surface area (Å²) in [4.78, 5) is 17.4. The average Bonchev–Trinajstić information content (AvgIpc) is 3.29. The topological polar surface area (TPSA) is 59.5 Å². The van der Waals surface area contributed by atoms with E-state index in [0.29, 0.717) is 6.54 Å². The molecule has 1 aromatic carbocycles. The number of fused-ring (bicyclic) bond motifs is 1. The van der Waals surface area contributed by atoms with Crippen molar-refractivity contribution >= 4 is 38.1 Å². The summed E-state index contributed by atoms with van der Waals surface area (Å²) in [7, 11) is 0. The predicted molar refractivity (Wildman–Crippen MR) is 100 cm³/mol. The molecule has 4 rings (SSSR count). The molecule has 1 N–H and O–H groups in total. The molecule has 0 bridgehead atoms. The average molecular weight is 416 g/mol. The fourth-order valence-corrected chi connectivity index (χ4v) is 3.50. The number of hydrogen-bond donors (Lipinski definition) is 1. The second-order valence-corrected chi connectivity index (χ2v) is 7.34. The Labute approximate surface area is 156 Å². The maximum absolute atomic E-state index is 12.1. The molecule has 0 unspecified atom stereocenters. The van der Waals surface area contributed by atoms with Crippen LogP contribution in [-0.4, -0.2) is 15.3 Å². The van der Waals surface area contributed by atoms with Gasteiger partial charge in [-0.05, 0) is 24.3 Å². The number of aromatic nitrogens is 2. The molecule has 7 heteroatoms. The fourth-order valence-electron chi connectivity index (χ4n) is 2.52. The zero-order valence-corrected chi connectivity index (χ0v) is 15.5. The van der Waals surface area contributed by atoms with E-state index in [9.17, 15) is 4.79 Å². The van der Waals surface area contributed by atoms with Crippen molar-refractivity contribution in [2.75, 3.05) is 0 Å². The van der Waals surface area contributed by atoms with Crippen LogP contribution in [0.4, 0.5) is 0 Å². The third-order valence-corrected chi connectivity index (χ3v) is 5.03. The van der Waals surface area contributed by atoms with Crippen LogP contribution in [0.5, 0.6) is 0 Å². The van der Waals surface area contributed by atoms with Crippen LogP contribution in [0.1, 0.15) is 11.5 Å². The van der Waals surface area contributed by atoms with E-state index < -0.39 is 0 Å². The van der Waals surface area contributed by atoms with Crippen molar-refractivity contribution in [1.29, 1.82) is 0 Å². The number of carbonyl (C=O) groups is 1. The molecule has 0 fully saturated rings. The van der Waals surface area contributed by atoms with E-state index in [1.807, 2.05) is 58.6 Å². The standard InChI is InChI=1S/C18H14BrN3O2S/c19-13-3-1-12(2-4-13)16-6-5-15(24-16)10-20-17(23)9-14-11-22-7-8-25-18(22)21-14/h1-8,11H,9-10H2,(H,20,23). The highest BCUT2D eigenvalue weighted by Crippen LogP contribution is 2.24. The van der Waals surface area contributed by atoms with Gasteiger partial charge in [-0.2, -0.15) is 0 Å². The van der Waals surface area contributed by atoms with E-state index in [0.717, 1.165) is 32.2 Å². The highest BCUT2D eigenvalue weighted by molar-refractivity contribution is 9.10. The molecule has 5 nitrogen and oxygen atoms in total. The molecular weight excluding hydrogens is 402 g/mol. The maximum atomic E-state index is 12.1. The highest BCUT2D eigenvalue weighted by Gasteiger charge is 2.10. The number of benzene rings is 1. The molecule has 0 atom stereocenters. The van der Waals surface area contributed by atoms with Crippen molar-refractivity contribution in [2.45, 2.75) is 13.0 Å². The van der Waals surface area contributed by atoms with Gasteiger partial charge >= 0.3 is 0 Å². The van der Waals surface area contributed by atoms with Crippen molar-refractivity contribution in [2.24, 2.45) is 0 Å². The number of amides is 1. The first kappa shape index (κ1) is 16.1. The van der Waals surface area contributed by atoms with Gasteiger partial charge in [-0.1, -0.05) is 28.1 Å². The normalized spacial score (nSPS) is 11.1. The number of carbonyl (C=O) groups excluding carboxylic acids is 1. The Bertz CT molecular complexity index is 988. The molecule has 3 heterocycles. The SMILES string of the molecule is O=C(Cc1cn2ccsc2n1)NCc1ccc(-c2ccc(Br)cc2)o1. The minimum atomic E-state index is -0.0765. The minimum absolute atomic E-state index is 0.0765. The van der Waals surface area contributed by atoms with Crippen LogP contribution in [0, 0.1) is 0 Å². The van der Waals surface area contributed by atoms with Crippen molar-refractivity contribution in [1.82, 2.24) is 14.7 Å². The van der Waals surface area contributed by atoms with Crippen LogP contribution < -0.4 is 5.32 Å². The number of nitrogens with zero attached hydrogens (tertiary/aromatic N) is 2. The summed E-state index contributed by atoms with van der Waals surface area (Å²) < 4.78 is 8.74. The Morgan fingerprint density at radius 2 is 2.08 bits per heavy atom. The molecule has 0 aliphatic rings. The number of nitrogens with one attached hydrogen (secondary N) is 1. The molecule has 0 aliphatic heterocycles. The van der Waals surface area contributed by atoms with E-state index in [1.54, 1.807) is 11.3 Å². The number of rotatable bonds is 5. The molecule has 4 aromatic rings. The van der Waals surface area contributed by atoms with Gasteiger partial charge in [0.25, 0.3) is 0 Å². The highest BCUT2D eigenvalue weighted by atomic mass is 79.9. The van der Waals surface area contributed by atoms with Crippen molar-refractivity contribution in [3.63, 3.8) is 0 Å². The first-order valence-electron chi connectivity index (χ1n) is 7.70. The summed E-state index contributed by atoms with van der Waals surface area (Å²) in [5, 5.41) is 4.84. The zero-order chi connectivity index (χ0) is 17.2. The Hall–Kier alpha value is -2.38. The van der Waals surface area contributed by atoms with Crippen LogP contribution in [0.3, 0.4) is 0 Å². The van der Waals surface area contributed by atoms with Crippen LogP contribution in [0.2, 0.25) is 0 Å². The van der Waals surface area contributed by atoms with Crippen molar-refractivity contribution < 1.29 is 9.21 Å². The van der Waals surface area contributed by atoms with Gasteiger partial charge < -0.3 is 9.73 Å². The smallest absolute Gasteiger partial charge is 0.226 e. The molecule has 0 saturated carbocycles. The monoisotopic (exact) mass is 415 g/mol.